The number of ether oxygens (including phenoxy) is 3. The van der Waals surface area contributed by atoms with E-state index >= 15 is 0 Å². The molecular formula is C24H24N2O3. The van der Waals surface area contributed by atoms with E-state index in [2.05, 4.69) is 16.7 Å². The van der Waals surface area contributed by atoms with E-state index in [0.717, 1.165) is 45.2 Å². The highest BCUT2D eigenvalue weighted by Crippen LogP contribution is 2.29. The van der Waals surface area contributed by atoms with Crippen molar-refractivity contribution in [1.82, 2.24) is 9.55 Å². The molecule has 3 aromatic carbocycles. The standard InChI is InChI=1S/C24H24N2O3/c1-27-21-11-7-4-8-18(21)16-26-20-10-6-5-9-19(20)25-24(26)15-17-12-13-22(28-2)23(14-17)29-3/h4-14H,15-16H2,1-3H3. The van der Waals surface area contributed by atoms with Crippen molar-refractivity contribution in [2.75, 3.05) is 21.3 Å². The molecule has 148 valence electrons. The number of imidazole rings is 1. The number of para-hydroxylation sites is 3. The van der Waals surface area contributed by atoms with Crippen LogP contribution in [0.4, 0.5) is 0 Å². The molecule has 0 N–H and O–H groups in total. The fraction of sp³-hybridized carbons (Fsp3) is 0.208. The third kappa shape index (κ3) is 3.76. The molecule has 0 saturated heterocycles. The van der Waals surface area contributed by atoms with Gasteiger partial charge in [0.05, 0.1) is 38.9 Å². The maximum atomic E-state index is 5.56. The van der Waals surface area contributed by atoms with Crippen LogP contribution >= 0.6 is 0 Å². The van der Waals surface area contributed by atoms with Crippen molar-refractivity contribution >= 4 is 11.0 Å². The molecule has 0 unspecified atom stereocenters. The van der Waals surface area contributed by atoms with Gasteiger partial charge in [0.25, 0.3) is 0 Å². The Morgan fingerprint density at radius 1 is 0.759 bits per heavy atom. The van der Waals surface area contributed by atoms with Crippen molar-refractivity contribution in [1.29, 1.82) is 0 Å². The molecule has 0 aliphatic carbocycles. The van der Waals surface area contributed by atoms with Gasteiger partial charge in [-0.2, -0.15) is 0 Å². The van der Waals surface area contributed by atoms with Crippen molar-refractivity contribution in [2.45, 2.75) is 13.0 Å². The van der Waals surface area contributed by atoms with Gasteiger partial charge in [0.2, 0.25) is 0 Å². The minimum absolute atomic E-state index is 0.685. The van der Waals surface area contributed by atoms with Crippen molar-refractivity contribution in [3.05, 3.63) is 83.7 Å². The Kier molecular flexibility index (Phi) is 5.38. The molecule has 0 amide bonds. The van der Waals surface area contributed by atoms with E-state index < -0.39 is 0 Å². The number of fused-ring (bicyclic) bond motifs is 1. The highest BCUT2D eigenvalue weighted by molar-refractivity contribution is 5.76. The lowest BCUT2D eigenvalue weighted by Crippen LogP contribution is -2.07. The summed E-state index contributed by atoms with van der Waals surface area (Å²) < 4.78 is 18.6. The molecular weight excluding hydrogens is 364 g/mol. The molecule has 0 aliphatic heterocycles. The normalized spacial score (nSPS) is 10.9. The molecule has 0 spiro atoms. The second-order valence-electron chi connectivity index (χ2n) is 6.78. The van der Waals surface area contributed by atoms with Gasteiger partial charge in [-0.25, -0.2) is 4.98 Å². The quantitative estimate of drug-likeness (QED) is 0.460. The van der Waals surface area contributed by atoms with Crippen LogP contribution in [0.2, 0.25) is 0 Å². The lowest BCUT2D eigenvalue weighted by atomic mass is 10.1. The van der Waals surface area contributed by atoms with Crippen LogP contribution in [0, 0.1) is 0 Å². The number of hydrogen-bond acceptors (Lipinski definition) is 4. The third-order valence-corrected chi connectivity index (χ3v) is 5.06. The fourth-order valence-electron chi connectivity index (χ4n) is 3.61. The Balaban J connectivity index is 1.76. The summed E-state index contributed by atoms with van der Waals surface area (Å²) in [4.78, 5) is 4.91. The summed E-state index contributed by atoms with van der Waals surface area (Å²) >= 11 is 0. The number of benzene rings is 3. The number of aromatic nitrogens is 2. The van der Waals surface area contributed by atoms with Crippen LogP contribution in [0.5, 0.6) is 17.2 Å². The van der Waals surface area contributed by atoms with Crippen LogP contribution in [-0.2, 0) is 13.0 Å². The van der Waals surface area contributed by atoms with E-state index in [4.69, 9.17) is 19.2 Å². The summed E-state index contributed by atoms with van der Waals surface area (Å²) in [5.74, 6) is 3.31. The minimum Gasteiger partial charge on any atom is -0.496 e. The minimum atomic E-state index is 0.685. The lowest BCUT2D eigenvalue weighted by molar-refractivity contribution is 0.354. The molecule has 5 nitrogen and oxygen atoms in total. The van der Waals surface area contributed by atoms with Crippen molar-refractivity contribution in [2.24, 2.45) is 0 Å². The number of methoxy groups -OCH3 is 3. The van der Waals surface area contributed by atoms with E-state index in [0.29, 0.717) is 13.0 Å². The zero-order valence-corrected chi connectivity index (χ0v) is 16.9. The zero-order chi connectivity index (χ0) is 20.2. The molecule has 1 heterocycles. The average molecular weight is 388 g/mol. The molecule has 0 radical (unpaired) electrons. The van der Waals surface area contributed by atoms with E-state index in [1.807, 2.05) is 54.6 Å². The third-order valence-electron chi connectivity index (χ3n) is 5.06. The first kappa shape index (κ1) is 18.9. The first-order chi connectivity index (χ1) is 14.2. The first-order valence-electron chi connectivity index (χ1n) is 9.50. The zero-order valence-electron chi connectivity index (χ0n) is 16.9. The van der Waals surface area contributed by atoms with E-state index in [-0.39, 0.29) is 0 Å². The second kappa shape index (κ2) is 8.27. The van der Waals surface area contributed by atoms with E-state index in [1.54, 1.807) is 21.3 Å². The highest BCUT2D eigenvalue weighted by Gasteiger charge is 2.14. The Morgan fingerprint density at radius 3 is 2.28 bits per heavy atom. The van der Waals surface area contributed by atoms with Gasteiger partial charge in [0, 0.05) is 12.0 Å². The Morgan fingerprint density at radius 2 is 1.48 bits per heavy atom. The monoisotopic (exact) mass is 388 g/mol. The SMILES string of the molecule is COc1ccccc1Cn1c(Cc2ccc(OC)c(OC)c2)nc2ccccc21. The fourth-order valence-corrected chi connectivity index (χ4v) is 3.61. The van der Waals surface area contributed by atoms with Gasteiger partial charge >= 0.3 is 0 Å². The summed E-state index contributed by atoms with van der Waals surface area (Å²) in [6.07, 6.45) is 0.685. The largest absolute Gasteiger partial charge is 0.496 e. The summed E-state index contributed by atoms with van der Waals surface area (Å²) in [5.41, 5.74) is 4.32. The molecule has 1 aromatic heterocycles. The van der Waals surface area contributed by atoms with Gasteiger partial charge in [0.15, 0.2) is 11.5 Å². The van der Waals surface area contributed by atoms with Gasteiger partial charge in [0.1, 0.15) is 11.6 Å². The van der Waals surface area contributed by atoms with Crippen molar-refractivity contribution in [3.8, 4) is 17.2 Å². The number of rotatable bonds is 7. The second-order valence-corrected chi connectivity index (χ2v) is 6.78. The maximum absolute atomic E-state index is 5.56. The summed E-state index contributed by atoms with van der Waals surface area (Å²) in [7, 11) is 5.00. The average Bonchev–Trinajstić information content (AvgIpc) is 3.11. The Labute approximate surface area is 170 Å². The van der Waals surface area contributed by atoms with Crippen molar-refractivity contribution in [3.63, 3.8) is 0 Å². The van der Waals surface area contributed by atoms with Crippen LogP contribution < -0.4 is 14.2 Å². The molecule has 4 rings (SSSR count). The van der Waals surface area contributed by atoms with Gasteiger partial charge in [-0.3, -0.25) is 0 Å². The molecule has 5 heteroatoms. The molecule has 0 fully saturated rings. The molecule has 0 atom stereocenters. The Hall–Kier alpha value is -3.47. The molecule has 29 heavy (non-hydrogen) atoms. The number of nitrogens with zero attached hydrogens (tertiary/aromatic N) is 2. The van der Waals surface area contributed by atoms with E-state index in [9.17, 15) is 0 Å². The molecule has 4 aromatic rings. The predicted molar refractivity (Wildman–Crippen MR) is 114 cm³/mol. The van der Waals surface area contributed by atoms with Gasteiger partial charge in [-0.15, -0.1) is 0 Å². The number of hydrogen-bond donors (Lipinski definition) is 0. The van der Waals surface area contributed by atoms with Crippen LogP contribution in [0.1, 0.15) is 17.0 Å². The predicted octanol–water partition coefficient (Wildman–Crippen LogP) is 4.70. The molecule has 0 bridgehead atoms. The van der Waals surface area contributed by atoms with Crippen molar-refractivity contribution < 1.29 is 14.2 Å². The van der Waals surface area contributed by atoms with Crippen LogP contribution in [0.15, 0.2) is 66.7 Å². The van der Waals surface area contributed by atoms with Gasteiger partial charge in [-0.05, 0) is 35.9 Å². The van der Waals surface area contributed by atoms with Gasteiger partial charge in [-0.1, -0.05) is 36.4 Å². The maximum Gasteiger partial charge on any atom is 0.161 e. The Bertz CT molecular complexity index is 1130. The van der Waals surface area contributed by atoms with Crippen LogP contribution in [0.25, 0.3) is 11.0 Å². The smallest absolute Gasteiger partial charge is 0.161 e. The van der Waals surface area contributed by atoms with E-state index in [1.165, 1.54) is 0 Å². The topological polar surface area (TPSA) is 45.5 Å². The molecule has 0 aliphatic rings. The van der Waals surface area contributed by atoms with Crippen LogP contribution in [0.3, 0.4) is 0 Å². The summed E-state index contributed by atoms with van der Waals surface area (Å²) in [6, 6.07) is 22.3. The summed E-state index contributed by atoms with van der Waals surface area (Å²) in [6.45, 7) is 0.688. The molecule has 0 saturated carbocycles. The lowest BCUT2D eigenvalue weighted by Gasteiger charge is -2.13. The highest BCUT2D eigenvalue weighted by atomic mass is 16.5. The summed E-state index contributed by atoms with van der Waals surface area (Å²) in [5, 5.41) is 0. The first-order valence-corrected chi connectivity index (χ1v) is 9.50. The van der Waals surface area contributed by atoms with Crippen LogP contribution in [-0.4, -0.2) is 30.9 Å². The van der Waals surface area contributed by atoms with Gasteiger partial charge < -0.3 is 18.8 Å².